The zero-order valence-corrected chi connectivity index (χ0v) is 9.08. The molecular formula is C10H21N3O. The number of rotatable bonds is 6. The van der Waals surface area contributed by atoms with Gasteiger partial charge in [-0.1, -0.05) is 18.5 Å². The highest BCUT2D eigenvalue weighted by Gasteiger charge is 2.41. The van der Waals surface area contributed by atoms with E-state index in [1.807, 2.05) is 6.92 Å². The van der Waals surface area contributed by atoms with Gasteiger partial charge >= 0.3 is 0 Å². The van der Waals surface area contributed by atoms with E-state index in [4.69, 9.17) is 10.9 Å². The Kier molecular flexibility index (Phi) is 3.75. The SMILES string of the molecule is CCCC1(CNC(C)C(N)=NO)CC1. The first kappa shape index (κ1) is 11.3. The van der Waals surface area contributed by atoms with Crippen LogP contribution in [0.15, 0.2) is 5.16 Å². The van der Waals surface area contributed by atoms with E-state index in [1.165, 1.54) is 25.7 Å². The molecule has 1 aliphatic rings. The molecule has 0 bridgehead atoms. The summed E-state index contributed by atoms with van der Waals surface area (Å²) in [6.07, 6.45) is 5.15. The fourth-order valence-corrected chi connectivity index (χ4v) is 1.78. The van der Waals surface area contributed by atoms with Crippen LogP contribution in [-0.4, -0.2) is 23.6 Å². The summed E-state index contributed by atoms with van der Waals surface area (Å²) in [7, 11) is 0. The Labute approximate surface area is 85.6 Å². The highest BCUT2D eigenvalue weighted by atomic mass is 16.4. The molecule has 0 aromatic rings. The molecule has 1 atom stereocenters. The predicted octanol–water partition coefficient (Wildman–Crippen LogP) is 1.29. The van der Waals surface area contributed by atoms with Gasteiger partial charge in [0, 0.05) is 6.54 Å². The van der Waals surface area contributed by atoms with Gasteiger partial charge in [-0.3, -0.25) is 0 Å². The van der Waals surface area contributed by atoms with E-state index in [0.29, 0.717) is 5.41 Å². The first-order valence-electron chi connectivity index (χ1n) is 5.34. The molecule has 0 spiro atoms. The Morgan fingerprint density at radius 2 is 2.29 bits per heavy atom. The fourth-order valence-electron chi connectivity index (χ4n) is 1.78. The van der Waals surface area contributed by atoms with Gasteiger partial charge in [-0.25, -0.2) is 0 Å². The summed E-state index contributed by atoms with van der Waals surface area (Å²) in [4.78, 5) is 0. The van der Waals surface area contributed by atoms with E-state index >= 15 is 0 Å². The van der Waals surface area contributed by atoms with Crippen molar-refractivity contribution in [1.29, 1.82) is 0 Å². The highest BCUT2D eigenvalue weighted by molar-refractivity contribution is 5.84. The van der Waals surface area contributed by atoms with E-state index in [0.717, 1.165) is 6.54 Å². The summed E-state index contributed by atoms with van der Waals surface area (Å²) < 4.78 is 0. The van der Waals surface area contributed by atoms with Crippen molar-refractivity contribution in [2.24, 2.45) is 16.3 Å². The molecule has 4 heteroatoms. The molecule has 0 aromatic carbocycles. The van der Waals surface area contributed by atoms with Gasteiger partial charge in [-0.2, -0.15) is 0 Å². The third kappa shape index (κ3) is 2.87. The Morgan fingerprint density at radius 3 is 2.71 bits per heavy atom. The lowest BCUT2D eigenvalue weighted by Crippen LogP contribution is -2.41. The number of nitrogens with one attached hydrogen (secondary N) is 1. The van der Waals surface area contributed by atoms with E-state index in [2.05, 4.69) is 17.4 Å². The molecule has 4 N–H and O–H groups in total. The quantitative estimate of drug-likeness (QED) is 0.261. The molecule has 1 saturated carbocycles. The summed E-state index contributed by atoms with van der Waals surface area (Å²) in [6.45, 7) is 5.11. The Balaban J connectivity index is 2.26. The molecule has 0 heterocycles. The first-order chi connectivity index (χ1) is 6.63. The maximum absolute atomic E-state index is 8.48. The zero-order valence-electron chi connectivity index (χ0n) is 9.08. The largest absolute Gasteiger partial charge is 0.409 e. The van der Waals surface area contributed by atoms with E-state index < -0.39 is 0 Å². The average molecular weight is 199 g/mol. The Morgan fingerprint density at radius 1 is 1.64 bits per heavy atom. The minimum Gasteiger partial charge on any atom is -0.409 e. The lowest BCUT2D eigenvalue weighted by Gasteiger charge is -2.18. The van der Waals surface area contributed by atoms with Crippen LogP contribution in [0, 0.1) is 5.41 Å². The van der Waals surface area contributed by atoms with Crippen molar-refractivity contribution in [2.75, 3.05) is 6.54 Å². The third-order valence-corrected chi connectivity index (χ3v) is 3.08. The minimum atomic E-state index is -0.0330. The van der Waals surface area contributed by atoms with Crippen LogP contribution in [0.5, 0.6) is 0 Å². The smallest absolute Gasteiger partial charge is 0.156 e. The van der Waals surface area contributed by atoms with Crippen LogP contribution in [0.1, 0.15) is 39.5 Å². The summed E-state index contributed by atoms with van der Waals surface area (Å²) in [5, 5.41) is 14.8. The van der Waals surface area contributed by atoms with Gasteiger partial charge in [0.1, 0.15) is 0 Å². The van der Waals surface area contributed by atoms with Crippen LogP contribution in [0.2, 0.25) is 0 Å². The fraction of sp³-hybridized carbons (Fsp3) is 0.900. The van der Waals surface area contributed by atoms with Gasteiger partial charge in [-0.15, -0.1) is 0 Å². The predicted molar refractivity (Wildman–Crippen MR) is 57.4 cm³/mol. The van der Waals surface area contributed by atoms with Gasteiger partial charge in [0.2, 0.25) is 0 Å². The maximum Gasteiger partial charge on any atom is 0.156 e. The number of oxime groups is 1. The molecule has 82 valence electrons. The normalized spacial score (nSPS) is 22.0. The average Bonchev–Trinajstić information content (AvgIpc) is 2.94. The second kappa shape index (κ2) is 4.64. The molecule has 1 unspecified atom stereocenters. The Hall–Kier alpha value is -0.770. The second-order valence-corrected chi connectivity index (χ2v) is 4.38. The molecule has 1 fully saturated rings. The maximum atomic E-state index is 8.48. The molecule has 0 radical (unpaired) electrons. The Bertz CT molecular complexity index is 211. The van der Waals surface area contributed by atoms with Crippen LogP contribution < -0.4 is 11.1 Å². The van der Waals surface area contributed by atoms with Crippen LogP contribution in [0.4, 0.5) is 0 Å². The van der Waals surface area contributed by atoms with Crippen molar-refractivity contribution in [3.8, 4) is 0 Å². The lowest BCUT2D eigenvalue weighted by molar-refractivity contribution is 0.314. The van der Waals surface area contributed by atoms with Gasteiger partial charge < -0.3 is 16.3 Å². The van der Waals surface area contributed by atoms with Crippen LogP contribution in [0.25, 0.3) is 0 Å². The summed E-state index contributed by atoms with van der Waals surface area (Å²) >= 11 is 0. The van der Waals surface area contributed by atoms with Crippen molar-refractivity contribution in [3.05, 3.63) is 0 Å². The summed E-state index contributed by atoms with van der Waals surface area (Å²) in [6, 6.07) is -0.0330. The lowest BCUT2D eigenvalue weighted by atomic mass is 10.0. The second-order valence-electron chi connectivity index (χ2n) is 4.38. The van der Waals surface area contributed by atoms with Crippen molar-refractivity contribution in [3.63, 3.8) is 0 Å². The molecule has 4 nitrogen and oxygen atoms in total. The van der Waals surface area contributed by atoms with Gasteiger partial charge in [-0.05, 0) is 31.6 Å². The number of nitrogens with zero attached hydrogens (tertiary/aromatic N) is 1. The molecule has 1 aliphatic carbocycles. The first-order valence-corrected chi connectivity index (χ1v) is 5.34. The molecule has 0 amide bonds. The van der Waals surface area contributed by atoms with Gasteiger partial charge in [0.15, 0.2) is 5.84 Å². The van der Waals surface area contributed by atoms with E-state index in [-0.39, 0.29) is 11.9 Å². The number of nitrogens with two attached hydrogens (primary N) is 1. The molecule has 0 aromatic heterocycles. The molecular weight excluding hydrogens is 178 g/mol. The van der Waals surface area contributed by atoms with E-state index in [1.54, 1.807) is 0 Å². The van der Waals surface area contributed by atoms with Crippen LogP contribution >= 0.6 is 0 Å². The minimum absolute atomic E-state index is 0.0330. The monoisotopic (exact) mass is 199 g/mol. The third-order valence-electron chi connectivity index (χ3n) is 3.08. The van der Waals surface area contributed by atoms with E-state index in [9.17, 15) is 0 Å². The standard InChI is InChI=1S/C10H21N3O/c1-3-4-10(5-6-10)7-12-8(2)9(11)13-14/h8,12,14H,3-7H2,1-2H3,(H2,11,13). The molecule has 0 aliphatic heterocycles. The van der Waals surface area contributed by atoms with Crippen LogP contribution in [0.3, 0.4) is 0 Å². The van der Waals surface area contributed by atoms with Crippen molar-refractivity contribution < 1.29 is 5.21 Å². The number of amidine groups is 1. The van der Waals surface area contributed by atoms with Crippen LogP contribution in [-0.2, 0) is 0 Å². The zero-order chi connectivity index (χ0) is 10.6. The topological polar surface area (TPSA) is 70.6 Å². The van der Waals surface area contributed by atoms with Crippen molar-refractivity contribution in [2.45, 2.75) is 45.6 Å². The molecule has 0 saturated heterocycles. The van der Waals surface area contributed by atoms with Crippen molar-refractivity contribution in [1.82, 2.24) is 5.32 Å². The van der Waals surface area contributed by atoms with Gasteiger partial charge in [0.25, 0.3) is 0 Å². The van der Waals surface area contributed by atoms with Crippen molar-refractivity contribution >= 4 is 5.84 Å². The molecule has 14 heavy (non-hydrogen) atoms. The van der Waals surface area contributed by atoms with Gasteiger partial charge in [0.05, 0.1) is 6.04 Å². The summed E-state index contributed by atoms with van der Waals surface area (Å²) in [5.74, 6) is 0.261. The number of hydrogen-bond donors (Lipinski definition) is 3. The molecule has 1 rings (SSSR count). The summed E-state index contributed by atoms with van der Waals surface area (Å²) in [5.41, 5.74) is 5.99. The highest BCUT2D eigenvalue weighted by Crippen LogP contribution is 2.48. The number of hydrogen-bond acceptors (Lipinski definition) is 3.